The quantitative estimate of drug-likeness (QED) is 0.398. The molecule has 2 aromatic carbocycles. The molecule has 0 atom stereocenters. The number of hydrogen-bond acceptors (Lipinski definition) is 5. The molecule has 0 aliphatic rings. The highest BCUT2D eigenvalue weighted by Gasteiger charge is 2.09. The first-order valence-electron chi connectivity index (χ1n) is 10.3. The minimum atomic E-state index is -0.233. The van der Waals surface area contributed by atoms with Gasteiger partial charge in [0.15, 0.2) is 11.7 Å². The average molecular weight is 425 g/mol. The van der Waals surface area contributed by atoms with E-state index in [0.717, 1.165) is 36.5 Å². The third-order valence-electron chi connectivity index (χ3n) is 4.58. The lowest BCUT2D eigenvalue weighted by Crippen LogP contribution is -2.20. The third-order valence-corrected chi connectivity index (χ3v) is 5.34. The van der Waals surface area contributed by atoms with E-state index in [-0.39, 0.29) is 12.5 Å². The standard InChI is InChI=1S/C24H28N2O3S/c1-4-5-14-28-20-12-8-19(9-13-20)22-16-30-24(25-22)26-23(27)15-29-21-10-6-18(7-11-21)17(2)3/h6-13,16-17H,4-5,14-15H2,1-3H3,(H,25,26,27). The van der Waals surface area contributed by atoms with E-state index in [9.17, 15) is 4.79 Å². The number of carbonyl (C=O) groups excluding carboxylic acids is 1. The maximum atomic E-state index is 12.2. The molecule has 0 spiro atoms. The zero-order chi connectivity index (χ0) is 21.3. The van der Waals surface area contributed by atoms with E-state index in [2.05, 4.69) is 31.1 Å². The Kier molecular flexibility index (Phi) is 7.85. The van der Waals surface area contributed by atoms with Crippen molar-refractivity contribution in [3.63, 3.8) is 0 Å². The number of anilines is 1. The fraction of sp³-hybridized carbons (Fsp3) is 0.333. The molecule has 0 aliphatic heterocycles. The largest absolute Gasteiger partial charge is 0.494 e. The van der Waals surface area contributed by atoms with Crippen molar-refractivity contribution in [2.24, 2.45) is 0 Å². The van der Waals surface area contributed by atoms with Gasteiger partial charge in [-0.2, -0.15) is 0 Å². The van der Waals surface area contributed by atoms with E-state index < -0.39 is 0 Å². The van der Waals surface area contributed by atoms with Crippen LogP contribution in [0.4, 0.5) is 5.13 Å². The lowest BCUT2D eigenvalue weighted by atomic mass is 10.0. The van der Waals surface area contributed by atoms with Crippen molar-refractivity contribution < 1.29 is 14.3 Å². The molecule has 0 radical (unpaired) electrons. The maximum absolute atomic E-state index is 12.2. The van der Waals surface area contributed by atoms with Gasteiger partial charge >= 0.3 is 0 Å². The summed E-state index contributed by atoms with van der Waals surface area (Å²) >= 11 is 1.39. The molecule has 0 fully saturated rings. The van der Waals surface area contributed by atoms with Gasteiger partial charge in [-0.25, -0.2) is 4.98 Å². The van der Waals surface area contributed by atoms with E-state index in [1.807, 2.05) is 53.9 Å². The number of nitrogens with one attached hydrogen (secondary N) is 1. The van der Waals surface area contributed by atoms with Crippen molar-refractivity contribution in [2.75, 3.05) is 18.5 Å². The smallest absolute Gasteiger partial charge is 0.264 e. The second-order valence-electron chi connectivity index (χ2n) is 7.32. The van der Waals surface area contributed by atoms with Crippen LogP contribution in [0.5, 0.6) is 11.5 Å². The molecule has 1 heterocycles. The van der Waals surface area contributed by atoms with Gasteiger partial charge in [0.05, 0.1) is 12.3 Å². The fourth-order valence-electron chi connectivity index (χ4n) is 2.77. The number of aromatic nitrogens is 1. The molecular formula is C24H28N2O3S. The summed E-state index contributed by atoms with van der Waals surface area (Å²) in [5, 5.41) is 5.27. The van der Waals surface area contributed by atoms with Crippen LogP contribution in [-0.2, 0) is 4.79 Å². The molecule has 0 saturated heterocycles. The minimum Gasteiger partial charge on any atom is -0.494 e. The van der Waals surface area contributed by atoms with Crippen molar-refractivity contribution in [2.45, 2.75) is 39.5 Å². The van der Waals surface area contributed by atoms with Crippen LogP contribution in [-0.4, -0.2) is 24.1 Å². The fourth-order valence-corrected chi connectivity index (χ4v) is 3.51. The summed E-state index contributed by atoms with van der Waals surface area (Å²) in [6.45, 7) is 7.09. The molecule has 5 nitrogen and oxygen atoms in total. The Hall–Kier alpha value is -2.86. The van der Waals surface area contributed by atoms with Crippen LogP contribution >= 0.6 is 11.3 Å². The van der Waals surface area contributed by atoms with Crippen LogP contribution in [0.3, 0.4) is 0 Å². The van der Waals surface area contributed by atoms with Crippen LogP contribution in [0.2, 0.25) is 0 Å². The van der Waals surface area contributed by atoms with Gasteiger partial charge in [0.1, 0.15) is 11.5 Å². The highest BCUT2D eigenvalue weighted by atomic mass is 32.1. The predicted molar refractivity (Wildman–Crippen MR) is 123 cm³/mol. The predicted octanol–water partition coefficient (Wildman–Crippen LogP) is 6.13. The molecule has 1 amide bonds. The van der Waals surface area contributed by atoms with Gasteiger partial charge in [-0.05, 0) is 54.3 Å². The number of rotatable bonds is 10. The van der Waals surface area contributed by atoms with Crippen molar-refractivity contribution in [3.8, 4) is 22.8 Å². The lowest BCUT2D eigenvalue weighted by Gasteiger charge is -2.08. The molecule has 1 N–H and O–H groups in total. The van der Waals surface area contributed by atoms with E-state index in [0.29, 0.717) is 16.8 Å². The zero-order valence-corrected chi connectivity index (χ0v) is 18.5. The van der Waals surface area contributed by atoms with Crippen LogP contribution in [0, 0.1) is 0 Å². The summed E-state index contributed by atoms with van der Waals surface area (Å²) < 4.78 is 11.3. The summed E-state index contributed by atoms with van der Waals surface area (Å²) in [7, 11) is 0. The second-order valence-corrected chi connectivity index (χ2v) is 8.18. The number of thiazole rings is 1. The second kappa shape index (κ2) is 10.8. The van der Waals surface area contributed by atoms with Crippen LogP contribution in [0.25, 0.3) is 11.3 Å². The molecular weight excluding hydrogens is 396 g/mol. The third kappa shape index (κ3) is 6.32. The van der Waals surface area contributed by atoms with Gasteiger partial charge < -0.3 is 9.47 Å². The van der Waals surface area contributed by atoms with Gasteiger partial charge in [0, 0.05) is 10.9 Å². The summed E-state index contributed by atoms with van der Waals surface area (Å²) in [4.78, 5) is 16.7. The Balaban J connectivity index is 1.50. The van der Waals surface area contributed by atoms with Crippen molar-refractivity contribution in [1.29, 1.82) is 0 Å². The zero-order valence-electron chi connectivity index (χ0n) is 17.7. The maximum Gasteiger partial charge on any atom is 0.264 e. The number of unbranched alkanes of at least 4 members (excludes halogenated alkanes) is 1. The normalized spacial score (nSPS) is 10.8. The summed E-state index contributed by atoms with van der Waals surface area (Å²) in [6.07, 6.45) is 2.16. The summed E-state index contributed by atoms with van der Waals surface area (Å²) in [5.41, 5.74) is 3.04. The Morgan fingerprint density at radius 1 is 1.03 bits per heavy atom. The molecule has 3 aromatic rings. The summed E-state index contributed by atoms with van der Waals surface area (Å²) in [6, 6.07) is 15.7. The van der Waals surface area contributed by atoms with Crippen molar-refractivity contribution in [3.05, 3.63) is 59.5 Å². The molecule has 0 bridgehead atoms. The van der Waals surface area contributed by atoms with Crippen LogP contribution in [0.15, 0.2) is 53.9 Å². The molecule has 1 aromatic heterocycles. The van der Waals surface area contributed by atoms with Gasteiger partial charge in [-0.1, -0.05) is 39.3 Å². The van der Waals surface area contributed by atoms with E-state index in [1.54, 1.807) is 0 Å². The number of carbonyl (C=O) groups is 1. The SMILES string of the molecule is CCCCOc1ccc(-c2csc(NC(=O)COc3ccc(C(C)C)cc3)n2)cc1. The molecule has 158 valence electrons. The Morgan fingerprint density at radius 2 is 1.70 bits per heavy atom. The Bertz CT molecular complexity index is 934. The Morgan fingerprint density at radius 3 is 2.37 bits per heavy atom. The minimum absolute atomic E-state index is 0.0558. The first kappa shape index (κ1) is 21.8. The highest BCUT2D eigenvalue weighted by molar-refractivity contribution is 7.14. The van der Waals surface area contributed by atoms with Gasteiger partial charge in [-0.15, -0.1) is 11.3 Å². The van der Waals surface area contributed by atoms with Crippen LogP contribution < -0.4 is 14.8 Å². The number of ether oxygens (including phenoxy) is 2. The van der Waals surface area contributed by atoms with E-state index in [1.165, 1.54) is 16.9 Å². The van der Waals surface area contributed by atoms with E-state index in [4.69, 9.17) is 9.47 Å². The van der Waals surface area contributed by atoms with Crippen molar-refractivity contribution >= 4 is 22.4 Å². The number of amides is 1. The topological polar surface area (TPSA) is 60.5 Å². The first-order chi connectivity index (χ1) is 14.5. The van der Waals surface area contributed by atoms with E-state index >= 15 is 0 Å². The Labute approximate surface area is 182 Å². The number of hydrogen-bond donors (Lipinski definition) is 1. The van der Waals surface area contributed by atoms with Gasteiger partial charge in [0.2, 0.25) is 0 Å². The number of nitrogens with zero attached hydrogens (tertiary/aromatic N) is 1. The van der Waals surface area contributed by atoms with Gasteiger partial charge in [0.25, 0.3) is 5.91 Å². The molecule has 0 aliphatic carbocycles. The number of benzene rings is 2. The lowest BCUT2D eigenvalue weighted by molar-refractivity contribution is -0.118. The van der Waals surface area contributed by atoms with Crippen molar-refractivity contribution in [1.82, 2.24) is 4.98 Å². The average Bonchev–Trinajstić information content (AvgIpc) is 3.21. The molecule has 6 heteroatoms. The monoisotopic (exact) mass is 424 g/mol. The molecule has 0 unspecified atom stereocenters. The molecule has 3 rings (SSSR count). The highest BCUT2D eigenvalue weighted by Crippen LogP contribution is 2.26. The van der Waals surface area contributed by atoms with Crippen LogP contribution in [0.1, 0.15) is 45.1 Å². The summed E-state index contributed by atoms with van der Waals surface area (Å²) in [5.74, 6) is 1.76. The first-order valence-corrected chi connectivity index (χ1v) is 11.1. The molecule has 0 saturated carbocycles. The van der Waals surface area contributed by atoms with Gasteiger partial charge in [-0.3, -0.25) is 10.1 Å². The molecule has 30 heavy (non-hydrogen) atoms.